The standard InChI is InChI=1S/C25H21N5O3/c1-16(31)17-9-11-18(12-10-17)27-23(32)14-22-24(33)29(15-19-6-4-5-13-26-19)25-28-20-7-2-3-8-21(20)30(22)25/h2-13,22H,14-15H2,1H3,(H,27,32)/t22-/m1/s1. The van der Waals surface area contributed by atoms with E-state index in [1.54, 1.807) is 35.4 Å². The van der Waals surface area contributed by atoms with E-state index >= 15 is 0 Å². The number of Topliss-reactive ketones (excluding diaryl/α,β-unsaturated/α-hetero) is 1. The fourth-order valence-corrected chi connectivity index (χ4v) is 4.08. The second-order valence-electron chi connectivity index (χ2n) is 7.92. The summed E-state index contributed by atoms with van der Waals surface area (Å²) < 4.78 is 1.83. The highest BCUT2D eigenvalue weighted by Crippen LogP contribution is 2.37. The average Bonchev–Trinajstić information content (AvgIpc) is 3.31. The third-order valence-electron chi connectivity index (χ3n) is 5.68. The van der Waals surface area contributed by atoms with Crippen LogP contribution in [0.3, 0.4) is 0 Å². The normalized spacial score (nSPS) is 15.0. The van der Waals surface area contributed by atoms with Gasteiger partial charge in [-0.25, -0.2) is 4.98 Å². The topological polar surface area (TPSA) is 97.2 Å². The molecular weight excluding hydrogens is 418 g/mol. The van der Waals surface area contributed by atoms with Crippen molar-refractivity contribution in [3.05, 3.63) is 84.2 Å². The molecule has 5 rings (SSSR count). The number of nitrogens with one attached hydrogen (secondary N) is 1. The molecule has 2 aromatic heterocycles. The maximum atomic E-state index is 13.4. The molecule has 1 atom stereocenters. The molecule has 2 aromatic carbocycles. The van der Waals surface area contributed by atoms with Gasteiger partial charge in [0, 0.05) is 17.4 Å². The van der Waals surface area contributed by atoms with Gasteiger partial charge in [0.1, 0.15) is 6.04 Å². The Morgan fingerprint density at radius 3 is 2.48 bits per heavy atom. The van der Waals surface area contributed by atoms with Crippen molar-refractivity contribution in [3.63, 3.8) is 0 Å². The van der Waals surface area contributed by atoms with Crippen LogP contribution in [0.4, 0.5) is 11.6 Å². The fourth-order valence-electron chi connectivity index (χ4n) is 4.08. The van der Waals surface area contributed by atoms with Crippen molar-refractivity contribution in [1.29, 1.82) is 0 Å². The number of hydrogen-bond donors (Lipinski definition) is 1. The summed E-state index contributed by atoms with van der Waals surface area (Å²) in [6.07, 6.45) is 1.64. The first-order valence-corrected chi connectivity index (χ1v) is 10.6. The Morgan fingerprint density at radius 2 is 1.76 bits per heavy atom. The zero-order valence-corrected chi connectivity index (χ0v) is 17.9. The van der Waals surface area contributed by atoms with Crippen LogP contribution in [-0.4, -0.2) is 32.1 Å². The van der Waals surface area contributed by atoms with Crippen molar-refractivity contribution >= 4 is 40.3 Å². The van der Waals surface area contributed by atoms with Gasteiger partial charge in [0.25, 0.3) is 5.91 Å². The van der Waals surface area contributed by atoms with Gasteiger partial charge in [-0.05, 0) is 55.5 Å². The lowest BCUT2D eigenvalue weighted by Crippen LogP contribution is -2.31. The lowest BCUT2D eigenvalue weighted by atomic mass is 10.1. The molecule has 1 aliphatic rings. The second-order valence-corrected chi connectivity index (χ2v) is 7.92. The van der Waals surface area contributed by atoms with Crippen molar-refractivity contribution in [2.75, 3.05) is 10.2 Å². The zero-order chi connectivity index (χ0) is 22.9. The maximum Gasteiger partial charge on any atom is 0.253 e. The number of carbonyl (C=O) groups is 3. The Hall–Kier alpha value is -4.33. The first-order chi connectivity index (χ1) is 16.0. The van der Waals surface area contributed by atoms with Crippen molar-refractivity contribution in [2.24, 2.45) is 0 Å². The first kappa shape index (κ1) is 20.6. The van der Waals surface area contributed by atoms with Crippen molar-refractivity contribution in [3.8, 4) is 0 Å². The van der Waals surface area contributed by atoms with E-state index in [2.05, 4.69) is 15.3 Å². The van der Waals surface area contributed by atoms with Crippen LogP contribution in [-0.2, 0) is 16.1 Å². The number of rotatable bonds is 6. The molecule has 0 aliphatic carbocycles. The van der Waals surface area contributed by atoms with Crippen LogP contribution in [0.5, 0.6) is 0 Å². The number of nitrogens with zero attached hydrogens (tertiary/aromatic N) is 4. The smallest absolute Gasteiger partial charge is 0.253 e. The molecule has 0 bridgehead atoms. The number of hydrogen-bond acceptors (Lipinski definition) is 5. The van der Waals surface area contributed by atoms with Gasteiger partial charge < -0.3 is 5.32 Å². The number of aromatic nitrogens is 3. The Morgan fingerprint density at radius 1 is 1.00 bits per heavy atom. The molecule has 8 heteroatoms. The monoisotopic (exact) mass is 439 g/mol. The van der Waals surface area contributed by atoms with E-state index in [9.17, 15) is 14.4 Å². The van der Waals surface area contributed by atoms with Crippen LogP contribution in [0.25, 0.3) is 11.0 Å². The summed E-state index contributed by atoms with van der Waals surface area (Å²) in [5.74, 6) is -0.0317. The number of pyridine rings is 1. The van der Waals surface area contributed by atoms with Gasteiger partial charge >= 0.3 is 0 Å². The maximum absolute atomic E-state index is 13.4. The van der Waals surface area contributed by atoms with E-state index < -0.39 is 6.04 Å². The molecule has 1 N–H and O–H groups in total. The third kappa shape index (κ3) is 3.87. The van der Waals surface area contributed by atoms with Crippen LogP contribution in [0, 0.1) is 0 Å². The minimum Gasteiger partial charge on any atom is -0.326 e. The predicted molar refractivity (Wildman–Crippen MR) is 124 cm³/mol. The van der Waals surface area contributed by atoms with Gasteiger partial charge in [0.15, 0.2) is 5.78 Å². The Labute approximate surface area is 189 Å². The number of anilines is 2. The van der Waals surface area contributed by atoms with E-state index in [-0.39, 0.29) is 30.6 Å². The lowest BCUT2D eigenvalue weighted by Gasteiger charge is -2.15. The SMILES string of the molecule is CC(=O)c1ccc(NC(=O)C[C@@H]2C(=O)N(Cc3ccccn3)c3nc4ccccc4n32)cc1. The van der Waals surface area contributed by atoms with Crippen molar-refractivity contribution in [1.82, 2.24) is 14.5 Å². The van der Waals surface area contributed by atoms with E-state index in [1.807, 2.05) is 47.0 Å². The number of benzene rings is 2. The number of amides is 2. The molecule has 0 saturated heterocycles. The quantitative estimate of drug-likeness (QED) is 0.462. The Bertz CT molecular complexity index is 1360. The number of imidazole rings is 1. The lowest BCUT2D eigenvalue weighted by molar-refractivity contribution is -0.124. The second kappa shape index (κ2) is 8.31. The van der Waals surface area contributed by atoms with Gasteiger partial charge in [-0.3, -0.25) is 28.8 Å². The number of carbonyl (C=O) groups excluding carboxylic acids is 3. The number of para-hydroxylation sites is 2. The summed E-state index contributed by atoms with van der Waals surface area (Å²) in [7, 11) is 0. The van der Waals surface area contributed by atoms with E-state index in [0.29, 0.717) is 17.2 Å². The average molecular weight is 439 g/mol. The zero-order valence-electron chi connectivity index (χ0n) is 17.9. The molecule has 3 heterocycles. The Kier molecular flexibility index (Phi) is 5.18. The van der Waals surface area contributed by atoms with Gasteiger partial charge in [0.2, 0.25) is 11.9 Å². The van der Waals surface area contributed by atoms with Gasteiger partial charge in [-0.15, -0.1) is 0 Å². The summed E-state index contributed by atoms with van der Waals surface area (Å²) in [6, 6.07) is 19.1. The van der Waals surface area contributed by atoms with Crippen LogP contribution < -0.4 is 10.2 Å². The summed E-state index contributed by atoms with van der Waals surface area (Å²) in [6.45, 7) is 1.76. The molecular formula is C25H21N5O3. The molecule has 8 nitrogen and oxygen atoms in total. The van der Waals surface area contributed by atoms with Crippen LogP contribution in [0.1, 0.15) is 35.4 Å². The van der Waals surface area contributed by atoms with Crippen molar-refractivity contribution in [2.45, 2.75) is 25.9 Å². The summed E-state index contributed by atoms with van der Waals surface area (Å²) in [5, 5.41) is 2.82. The molecule has 1 aliphatic heterocycles. The highest BCUT2D eigenvalue weighted by Gasteiger charge is 2.41. The molecule has 33 heavy (non-hydrogen) atoms. The van der Waals surface area contributed by atoms with Crippen LogP contribution >= 0.6 is 0 Å². The molecule has 164 valence electrons. The van der Waals surface area contributed by atoms with Gasteiger partial charge in [-0.1, -0.05) is 18.2 Å². The molecule has 2 amide bonds. The molecule has 4 aromatic rings. The Balaban J connectivity index is 1.43. The molecule has 0 radical (unpaired) electrons. The van der Waals surface area contributed by atoms with Gasteiger partial charge in [0.05, 0.1) is 29.7 Å². The van der Waals surface area contributed by atoms with Crippen LogP contribution in [0.2, 0.25) is 0 Å². The number of fused-ring (bicyclic) bond motifs is 3. The molecule has 0 fully saturated rings. The predicted octanol–water partition coefficient (Wildman–Crippen LogP) is 3.75. The number of ketones is 1. The van der Waals surface area contributed by atoms with E-state index in [0.717, 1.165) is 16.7 Å². The van der Waals surface area contributed by atoms with Crippen molar-refractivity contribution < 1.29 is 14.4 Å². The molecule has 0 spiro atoms. The highest BCUT2D eigenvalue weighted by molar-refractivity contribution is 6.05. The summed E-state index contributed by atoms with van der Waals surface area (Å²) in [4.78, 5) is 48.3. The first-order valence-electron chi connectivity index (χ1n) is 10.6. The molecule has 0 unspecified atom stereocenters. The summed E-state index contributed by atoms with van der Waals surface area (Å²) in [5.41, 5.74) is 3.43. The minimum absolute atomic E-state index is 0.0423. The summed E-state index contributed by atoms with van der Waals surface area (Å²) >= 11 is 0. The minimum atomic E-state index is -0.715. The van der Waals surface area contributed by atoms with Gasteiger partial charge in [-0.2, -0.15) is 0 Å². The third-order valence-corrected chi connectivity index (χ3v) is 5.68. The largest absolute Gasteiger partial charge is 0.326 e. The fraction of sp³-hybridized carbons (Fsp3) is 0.160. The van der Waals surface area contributed by atoms with E-state index in [1.165, 1.54) is 6.92 Å². The van der Waals surface area contributed by atoms with E-state index in [4.69, 9.17) is 0 Å². The highest BCUT2D eigenvalue weighted by atomic mass is 16.2. The van der Waals surface area contributed by atoms with Crippen LogP contribution in [0.15, 0.2) is 72.9 Å². The molecule has 0 saturated carbocycles.